The third kappa shape index (κ3) is 4.85. The fourth-order valence-electron chi connectivity index (χ4n) is 2.41. The molecule has 0 heterocycles. The van der Waals surface area contributed by atoms with Gasteiger partial charge >= 0.3 is 0 Å². The van der Waals surface area contributed by atoms with E-state index in [2.05, 4.69) is 43.4 Å². The second-order valence-corrected chi connectivity index (χ2v) is 6.40. The highest BCUT2D eigenvalue weighted by molar-refractivity contribution is 5.86. The first-order valence-electron chi connectivity index (χ1n) is 8.01. The highest BCUT2D eigenvalue weighted by Crippen LogP contribution is 2.18. The van der Waals surface area contributed by atoms with Crippen molar-refractivity contribution in [3.05, 3.63) is 35.4 Å². The van der Waals surface area contributed by atoms with Crippen LogP contribution in [0.5, 0.6) is 0 Å². The molecule has 1 rings (SSSR count). The van der Waals surface area contributed by atoms with Gasteiger partial charge in [-0.3, -0.25) is 4.79 Å². The van der Waals surface area contributed by atoms with Crippen LogP contribution >= 0.6 is 0 Å². The van der Waals surface area contributed by atoms with Gasteiger partial charge in [-0.1, -0.05) is 52.0 Å². The van der Waals surface area contributed by atoms with Crippen molar-refractivity contribution in [1.29, 1.82) is 0 Å². The van der Waals surface area contributed by atoms with Crippen molar-refractivity contribution in [2.75, 3.05) is 0 Å². The summed E-state index contributed by atoms with van der Waals surface area (Å²) in [4.78, 5) is 12.3. The van der Waals surface area contributed by atoms with E-state index in [4.69, 9.17) is 5.73 Å². The van der Waals surface area contributed by atoms with E-state index in [1.165, 1.54) is 5.56 Å². The summed E-state index contributed by atoms with van der Waals surface area (Å²) < 4.78 is 0. The molecule has 0 saturated heterocycles. The van der Waals surface area contributed by atoms with Crippen LogP contribution in [0.25, 0.3) is 0 Å². The van der Waals surface area contributed by atoms with Gasteiger partial charge in [0.25, 0.3) is 0 Å². The molecule has 0 saturated carbocycles. The Kier molecular flexibility index (Phi) is 6.41. The van der Waals surface area contributed by atoms with Gasteiger partial charge in [-0.2, -0.15) is 0 Å². The fourth-order valence-corrected chi connectivity index (χ4v) is 2.41. The Hall–Kier alpha value is -1.35. The zero-order valence-electron chi connectivity index (χ0n) is 14.1. The Morgan fingerprint density at radius 2 is 1.67 bits per heavy atom. The van der Waals surface area contributed by atoms with Crippen LogP contribution in [0.4, 0.5) is 0 Å². The Morgan fingerprint density at radius 3 is 2.10 bits per heavy atom. The smallest absolute Gasteiger partial charge is 0.240 e. The molecule has 0 fully saturated rings. The molecular formula is C18H30N2O. The maximum Gasteiger partial charge on any atom is 0.240 e. The molecule has 3 heteroatoms. The molecule has 0 aromatic heterocycles. The summed E-state index contributed by atoms with van der Waals surface area (Å²) in [5, 5.41) is 3.03. The van der Waals surface area contributed by atoms with E-state index < -0.39 is 5.54 Å². The first-order chi connectivity index (χ1) is 9.82. The molecule has 0 aliphatic rings. The third-order valence-electron chi connectivity index (χ3n) is 4.19. The molecule has 1 unspecified atom stereocenters. The average molecular weight is 290 g/mol. The molecule has 0 aliphatic carbocycles. The average Bonchev–Trinajstić information content (AvgIpc) is 2.46. The van der Waals surface area contributed by atoms with E-state index in [1.54, 1.807) is 0 Å². The standard InChI is InChI=1S/C18H30N2O/c1-6-18(19,7-2)17(21)20-14(5)16-10-8-15(9-11-16)12-13(3)4/h8-11,13-14H,6-7,12,19H2,1-5H3,(H,20,21). The Balaban J connectivity index is 2.71. The second-order valence-electron chi connectivity index (χ2n) is 6.40. The SMILES string of the molecule is CCC(N)(CC)C(=O)NC(C)c1ccc(CC(C)C)cc1. The predicted molar refractivity (Wildman–Crippen MR) is 89.0 cm³/mol. The van der Waals surface area contributed by atoms with Crippen LogP contribution in [-0.2, 0) is 11.2 Å². The van der Waals surface area contributed by atoms with E-state index >= 15 is 0 Å². The van der Waals surface area contributed by atoms with Gasteiger partial charge in [0.15, 0.2) is 0 Å². The molecule has 1 amide bonds. The monoisotopic (exact) mass is 290 g/mol. The first kappa shape index (κ1) is 17.7. The Bertz CT molecular complexity index is 447. The molecule has 0 bridgehead atoms. The van der Waals surface area contributed by atoms with Crippen LogP contribution < -0.4 is 11.1 Å². The summed E-state index contributed by atoms with van der Waals surface area (Å²) in [6.07, 6.45) is 2.38. The highest BCUT2D eigenvalue weighted by atomic mass is 16.2. The maximum atomic E-state index is 12.3. The van der Waals surface area contributed by atoms with Crippen LogP contribution in [0.2, 0.25) is 0 Å². The number of carbonyl (C=O) groups excluding carboxylic acids is 1. The van der Waals surface area contributed by atoms with E-state index in [0.29, 0.717) is 18.8 Å². The van der Waals surface area contributed by atoms with Crippen molar-refractivity contribution in [3.8, 4) is 0 Å². The van der Waals surface area contributed by atoms with Gasteiger partial charge in [0.1, 0.15) is 0 Å². The molecule has 118 valence electrons. The minimum absolute atomic E-state index is 0.0216. The predicted octanol–water partition coefficient (Wildman–Crippen LogP) is 3.58. The van der Waals surface area contributed by atoms with E-state index in [1.807, 2.05) is 20.8 Å². The second kappa shape index (κ2) is 7.60. The normalized spacial score (nSPS) is 13.3. The zero-order chi connectivity index (χ0) is 16.0. The van der Waals surface area contributed by atoms with E-state index in [9.17, 15) is 4.79 Å². The van der Waals surface area contributed by atoms with Crippen molar-refractivity contribution in [2.24, 2.45) is 11.7 Å². The molecule has 3 nitrogen and oxygen atoms in total. The molecule has 0 radical (unpaired) electrons. The van der Waals surface area contributed by atoms with Crippen molar-refractivity contribution in [3.63, 3.8) is 0 Å². The minimum Gasteiger partial charge on any atom is -0.348 e. The number of nitrogens with two attached hydrogens (primary N) is 1. The minimum atomic E-state index is -0.758. The molecule has 0 spiro atoms. The zero-order valence-corrected chi connectivity index (χ0v) is 14.1. The van der Waals surface area contributed by atoms with Crippen LogP contribution in [0.3, 0.4) is 0 Å². The van der Waals surface area contributed by atoms with Crippen molar-refractivity contribution in [1.82, 2.24) is 5.32 Å². The van der Waals surface area contributed by atoms with Gasteiger partial charge in [-0.05, 0) is 43.2 Å². The summed E-state index contributed by atoms with van der Waals surface area (Å²) in [6, 6.07) is 8.46. The molecule has 21 heavy (non-hydrogen) atoms. The molecular weight excluding hydrogens is 260 g/mol. The van der Waals surface area contributed by atoms with Crippen molar-refractivity contribution >= 4 is 5.91 Å². The summed E-state index contributed by atoms with van der Waals surface area (Å²) in [5.41, 5.74) is 7.83. The van der Waals surface area contributed by atoms with Crippen LogP contribution in [0.15, 0.2) is 24.3 Å². The third-order valence-corrected chi connectivity index (χ3v) is 4.19. The maximum absolute atomic E-state index is 12.3. The van der Waals surface area contributed by atoms with E-state index in [-0.39, 0.29) is 11.9 Å². The Labute approximate surface area is 129 Å². The number of carbonyl (C=O) groups is 1. The number of benzene rings is 1. The van der Waals surface area contributed by atoms with Crippen LogP contribution in [0, 0.1) is 5.92 Å². The summed E-state index contributed by atoms with van der Waals surface area (Å²) in [6.45, 7) is 10.3. The van der Waals surface area contributed by atoms with Gasteiger partial charge in [0.05, 0.1) is 11.6 Å². The first-order valence-corrected chi connectivity index (χ1v) is 8.01. The highest BCUT2D eigenvalue weighted by Gasteiger charge is 2.30. The van der Waals surface area contributed by atoms with Gasteiger partial charge in [0, 0.05) is 0 Å². The lowest BCUT2D eigenvalue weighted by Gasteiger charge is -2.27. The molecule has 1 atom stereocenters. The van der Waals surface area contributed by atoms with Crippen LogP contribution in [-0.4, -0.2) is 11.4 Å². The number of rotatable bonds is 7. The molecule has 3 N–H and O–H groups in total. The summed E-state index contributed by atoms with van der Waals surface area (Å²) in [7, 11) is 0. The van der Waals surface area contributed by atoms with Gasteiger partial charge in [-0.15, -0.1) is 0 Å². The summed E-state index contributed by atoms with van der Waals surface area (Å²) in [5.74, 6) is 0.589. The quantitative estimate of drug-likeness (QED) is 0.806. The summed E-state index contributed by atoms with van der Waals surface area (Å²) >= 11 is 0. The van der Waals surface area contributed by atoms with Gasteiger partial charge in [0.2, 0.25) is 5.91 Å². The molecule has 1 aromatic rings. The molecule has 0 aliphatic heterocycles. The largest absolute Gasteiger partial charge is 0.348 e. The number of hydrogen-bond donors (Lipinski definition) is 2. The topological polar surface area (TPSA) is 55.1 Å². The van der Waals surface area contributed by atoms with Crippen LogP contribution in [0.1, 0.15) is 64.6 Å². The lowest BCUT2D eigenvalue weighted by Crippen LogP contribution is -2.53. The number of nitrogens with one attached hydrogen (secondary N) is 1. The lowest BCUT2D eigenvalue weighted by molar-refractivity contribution is -0.127. The number of hydrogen-bond acceptors (Lipinski definition) is 2. The van der Waals surface area contributed by atoms with E-state index in [0.717, 1.165) is 12.0 Å². The van der Waals surface area contributed by atoms with Gasteiger partial charge in [-0.25, -0.2) is 0 Å². The lowest BCUT2D eigenvalue weighted by atomic mass is 9.92. The van der Waals surface area contributed by atoms with Crippen molar-refractivity contribution < 1.29 is 4.79 Å². The fraction of sp³-hybridized carbons (Fsp3) is 0.611. The molecule has 1 aromatic carbocycles. The van der Waals surface area contributed by atoms with Gasteiger partial charge < -0.3 is 11.1 Å². The van der Waals surface area contributed by atoms with Crippen molar-refractivity contribution in [2.45, 2.75) is 65.5 Å². The Morgan fingerprint density at radius 1 is 1.14 bits per heavy atom. The number of amides is 1.